The van der Waals surface area contributed by atoms with Gasteiger partial charge in [0, 0.05) is 24.0 Å². The maximum Gasteiger partial charge on any atom is 0.333 e. The first-order valence-corrected chi connectivity index (χ1v) is 9.52. The lowest BCUT2D eigenvalue weighted by Crippen LogP contribution is -2.40. The normalized spacial score (nSPS) is 16.9. The highest BCUT2D eigenvalue weighted by Crippen LogP contribution is 2.25. The second-order valence-electron chi connectivity index (χ2n) is 7.21. The topological polar surface area (TPSA) is 61.7 Å². The summed E-state index contributed by atoms with van der Waals surface area (Å²) in [5.41, 5.74) is 2.72. The molecule has 2 heterocycles. The lowest BCUT2D eigenvalue weighted by Gasteiger charge is -2.23. The summed E-state index contributed by atoms with van der Waals surface area (Å²) >= 11 is 0. The van der Waals surface area contributed by atoms with Crippen LogP contribution >= 0.6 is 0 Å². The van der Waals surface area contributed by atoms with Crippen molar-refractivity contribution in [1.82, 2.24) is 19.6 Å². The van der Waals surface area contributed by atoms with Crippen LogP contribution in [-0.4, -0.2) is 51.3 Å². The lowest BCUT2D eigenvalue weighted by molar-refractivity contribution is -0.128. The van der Waals surface area contributed by atoms with Gasteiger partial charge in [-0.1, -0.05) is 36.4 Å². The molecule has 7 nitrogen and oxygen atoms in total. The van der Waals surface area contributed by atoms with Crippen molar-refractivity contribution in [3.8, 4) is 5.69 Å². The number of carbonyl (C=O) groups is 2. The van der Waals surface area contributed by atoms with Gasteiger partial charge < -0.3 is 0 Å². The molecule has 0 unspecified atom stereocenters. The zero-order chi connectivity index (χ0) is 20.4. The van der Waals surface area contributed by atoms with Gasteiger partial charge in [0.25, 0.3) is 5.91 Å². The summed E-state index contributed by atoms with van der Waals surface area (Å²) in [6, 6.07) is 18.4. The molecule has 1 aromatic heterocycles. The van der Waals surface area contributed by atoms with Gasteiger partial charge in [0.15, 0.2) is 0 Å². The first-order chi connectivity index (χ1) is 14.0. The molecular weight excluding hydrogens is 366 g/mol. The highest BCUT2D eigenvalue weighted by atomic mass is 16.2. The van der Waals surface area contributed by atoms with E-state index in [1.165, 1.54) is 4.90 Å². The van der Waals surface area contributed by atoms with Crippen LogP contribution in [0.25, 0.3) is 5.69 Å². The molecule has 3 aromatic rings. The SMILES string of the molecule is C[C@@H]1C(=O)N(CN(C)Cc2cnn(-c3ccccc3)c2)C(=O)N1c1ccccc1. The number of rotatable bonds is 6. The predicted octanol–water partition coefficient (Wildman–Crippen LogP) is 3.12. The fraction of sp³-hybridized carbons (Fsp3) is 0.227. The van der Waals surface area contributed by atoms with Gasteiger partial charge in [-0.05, 0) is 38.2 Å². The molecule has 7 heteroatoms. The Hall–Kier alpha value is -3.45. The molecule has 0 spiro atoms. The van der Waals surface area contributed by atoms with Crippen LogP contribution in [0.5, 0.6) is 0 Å². The Bertz CT molecular complexity index is 1000. The van der Waals surface area contributed by atoms with Crippen molar-refractivity contribution < 1.29 is 9.59 Å². The summed E-state index contributed by atoms with van der Waals surface area (Å²) < 4.78 is 1.81. The number of amides is 3. The van der Waals surface area contributed by atoms with E-state index in [0.29, 0.717) is 6.54 Å². The molecule has 0 saturated carbocycles. The van der Waals surface area contributed by atoms with Crippen LogP contribution in [0.3, 0.4) is 0 Å². The summed E-state index contributed by atoms with van der Waals surface area (Å²) in [7, 11) is 1.89. The van der Waals surface area contributed by atoms with Crippen molar-refractivity contribution in [3.05, 3.63) is 78.6 Å². The van der Waals surface area contributed by atoms with Crippen molar-refractivity contribution in [2.45, 2.75) is 19.5 Å². The van der Waals surface area contributed by atoms with Gasteiger partial charge >= 0.3 is 6.03 Å². The first-order valence-electron chi connectivity index (χ1n) is 9.52. The number of para-hydroxylation sites is 2. The van der Waals surface area contributed by atoms with Crippen LogP contribution in [-0.2, 0) is 11.3 Å². The number of benzene rings is 2. The Balaban J connectivity index is 1.43. The van der Waals surface area contributed by atoms with Gasteiger partial charge in [0.2, 0.25) is 0 Å². The molecular formula is C22H23N5O2. The second kappa shape index (κ2) is 7.89. The van der Waals surface area contributed by atoms with Crippen molar-refractivity contribution in [1.29, 1.82) is 0 Å². The van der Waals surface area contributed by atoms with E-state index in [1.54, 1.807) is 18.0 Å². The van der Waals surface area contributed by atoms with Crippen LogP contribution in [0.1, 0.15) is 12.5 Å². The molecule has 4 rings (SSSR count). The number of imide groups is 1. The van der Waals surface area contributed by atoms with E-state index < -0.39 is 6.04 Å². The summed E-state index contributed by atoms with van der Waals surface area (Å²) in [4.78, 5) is 30.4. The molecule has 1 saturated heterocycles. The van der Waals surface area contributed by atoms with E-state index in [4.69, 9.17) is 0 Å². The minimum absolute atomic E-state index is 0.189. The van der Waals surface area contributed by atoms with Crippen LogP contribution in [0.15, 0.2) is 73.1 Å². The molecule has 0 aliphatic carbocycles. The molecule has 0 radical (unpaired) electrons. The van der Waals surface area contributed by atoms with Crippen LogP contribution in [0, 0.1) is 0 Å². The van der Waals surface area contributed by atoms with Crippen LogP contribution < -0.4 is 4.90 Å². The van der Waals surface area contributed by atoms with Gasteiger partial charge in [0.1, 0.15) is 6.04 Å². The minimum atomic E-state index is -0.515. The predicted molar refractivity (Wildman–Crippen MR) is 111 cm³/mol. The van der Waals surface area contributed by atoms with Crippen molar-refractivity contribution in [2.75, 3.05) is 18.6 Å². The molecule has 1 atom stereocenters. The Kier molecular flexibility index (Phi) is 5.14. The molecule has 0 bridgehead atoms. The third kappa shape index (κ3) is 3.77. The molecule has 0 N–H and O–H groups in total. The van der Waals surface area contributed by atoms with Crippen LogP contribution in [0.4, 0.5) is 10.5 Å². The Labute approximate surface area is 169 Å². The van der Waals surface area contributed by atoms with Gasteiger partial charge in [-0.3, -0.25) is 14.6 Å². The molecule has 148 valence electrons. The lowest BCUT2D eigenvalue weighted by atomic mass is 10.2. The fourth-order valence-electron chi connectivity index (χ4n) is 3.55. The molecule has 1 fully saturated rings. The van der Waals surface area contributed by atoms with E-state index in [2.05, 4.69) is 5.10 Å². The maximum atomic E-state index is 12.9. The van der Waals surface area contributed by atoms with E-state index in [0.717, 1.165) is 16.9 Å². The molecule has 1 aliphatic heterocycles. The summed E-state index contributed by atoms with van der Waals surface area (Å²) in [6.45, 7) is 2.56. The third-order valence-corrected chi connectivity index (χ3v) is 4.97. The fourth-order valence-corrected chi connectivity index (χ4v) is 3.55. The zero-order valence-corrected chi connectivity index (χ0v) is 16.5. The molecule has 29 heavy (non-hydrogen) atoms. The average molecular weight is 389 g/mol. The zero-order valence-electron chi connectivity index (χ0n) is 16.5. The molecule has 1 aliphatic rings. The van der Waals surface area contributed by atoms with Crippen molar-refractivity contribution in [3.63, 3.8) is 0 Å². The van der Waals surface area contributed by atoms with E-state index in [9.17, 15) is 9.59 Å². The second-order valence-corrected chi connectivity index (χ2v) is 7.21. The summed E-state index contributed by atoms with van der Waals surface area (Å²) in [5.74, 6) is -0.189. The number of aromatic nitrogens is 2. The Morgan fingerprint density at radius 1 is 0.966 bits per heavy atom. The smallest absolute Gasteiger partial charge is 0.284 e. The van der Waals surface area contributed by atoms with E-state index in [1.807, 2.05) is 83.5 Å². The maximum absolute atomic E-state index is 12.9. The monoisotopic (exact) mass is 389 g/mol. The highest BCUT2D eigenvalue weighted by Gasteiger charge is 2.43. The minimum Gasteiger partial charge on any atom is -0.284 e. The number of urea groups is 1. The quantitative estimate of drug-likeness (QED) is 0.608. The first kappa shape index (κ1) is 18.9. The third-order valence-electron chi connectivity index (χ3n) is 4.97. The molecule has 3 amide bonds. The van der Waals surface area contributed by atoms with Gasteiger partial charge in [-0.15, -0.1) is 0 Å². The Morgan fingerprint density at radius 2 is 1.59 bits per heavy atom. The Morgan fingerprint density at radius 3 is 2.24 bits per heavy atom. The standard InChI is InChI=1S/C22H23N5O2/c1-17-21(28)25(22(29)27(17)20-11-7-4-8-12-20)16-24(2)14-18-13-23-26(15-18)19-9-5-3-6-10-19/h3-13,15,17H,14,16H2,1-2H3/t17-/m1/s1. The number of anilines is 1. The highest BCUT2D eigenvalue weighted by molar-refractivity contribution is 6.13. The van der Waals surface area contributed by atoms with Crippen LogP contribution in [0.2, 0.25) is 0 Å². The van der Waals surface area contributed by atoms with Gasteiger partial charge in [-0.25, -0.2) is 14.4 Å². The number of hydrogen-bond acceptors (Lipinski definition) is 4. The average Bonchev–Trinajstić information content (AvgIpc) is 3.28. The van der Waals surface area contributed by atoms with Crippen molar-refractivity contribution in [2.24, 2.45) is 0 Å². The van der Waals surface area contributed by atoms with Crippen molar-refractivity contribution >= 4 is 17.6 Å². The molecule has 2 aromatic carbocycles. The van der Waals surface area contributed by atoms with E-state index >= 15 is 0 Å². The summed E-state index contributed by atoms with van der Waals surface area (Å²) in [5, 5.41) is 4.40. The summed E-state index contributed by atoms with van der Waals surface area (Å²) in [6.07, 6.45) is 3.76. The van der Waals surface area contributed by atoms with Gasteiger partial charge in [0.05, 0.1) is 18.6 Å². The number of carbonyl (C=O) groups excluding carboxylic acids is 2. The largest absolute Gasteiger partial charge is 0.333 e. The van der Waals surface area contributed by atoms with Gasteiger partial charge in [-0.2, -0.15) is 5.10 Å². The van der Waals surface area contributed by atoms with E-state index in [-0.39, 0.29) is 18.6 Å². The number of nitrogens with zero attached hydrogens (tertiary/aromatic N) is 5. The number of hydrogen-bond donors (Lipinski definition) is 0.